The average Bonchev–Trinajstić information content (AvgIpc) is 2.92. The van der Waals surface area contributed by atoms with Crippen LogP contribution in [0, 0.1) is 5.92 Å². The molecule has 26 heavy (non-hydrogen) atoms. The normalized spacial score (nSPS) is 24.5. The van der Waals surface area contributed by atoms with Crippen LogP contribution in [0.5, 0.6) is 5.75 Å². The monoisotopic (exact) mass is 380 g/mol. The van der Waals surface area contributed by atoms with Crippen molar-refractivity contribution in [2.75, 3.05) is 43.1 Å². The lowest BCUT2D eigenvalue weighted by atomic mass is 9.96. The van der Waals surface area contributed by atoms with Gasteiger partial charge in [0.15, 0.2) is 9.84 Å². The quantitative estimate of drug-likeness (QED) is 0.799. The van der Waals surface area contributed by atoms with Gasteiger partial charge in [-0.1, -0.05) is 12.1 Å². The molecular weight excluding hydrogens is 352 g/mol. The maximum atomic E-state index is 12.7. The summed E-state index contributed by atoms with van der Waals surface area (Å²) in [4.78, 5) is 16.9. The van der Waals surface area contributed by atoms with E-state index in [4.69, 9.17) is 4.74 Å². The number of sulfone groups is 1. The summed E-state index contributed by atoms with van der Waals surface area (Å²) < 4.78 is 28.7. The first-order valence-electron chi connectivity index (χ1n) is 9.11. The smallest absolute Gasteiger partial charge is 0.223 e. The van der Waals surface area contributed by atoms with Crippen molar-refractivity contribution in [3.63, 3.8) is 0 Å². The second-order valence-corrected chi connectivity index (χ2v) is 10.2. The molecule has 144 valence electrons. The van der Waals surface area contributed by atoms with Crippen LogP contribution in [-0.2, 0) is 14.6 Å². The van der Waals surface area contributed by atoms with Gasteiger partial charge in [0, 0.05) is 26.1 Å². The van der Waals surface area contributed by atoms with Crippen LogP contribution in [0.1, 0.15) is 26.7 Å². The first-order valence-corrected chi connectivity index (χ1v) is 10.9. The molecule has 2 fully saturated rings. The van der Waals surface area contributed by atoms with E-state index in [0.717, 1.165) is 18.0 Å². The maximum absolute atomic E-state index is 12.7. The molecule has 1 atom stereocenters. The predicted molar refractivity (Wildman–Crippen MR) is 102 cm³/mol. The van der Waals surface area contributed by atoms with Gasteiger partial charge < -0.3 is 14.5 Å². The molecule has 1 amide bonds. The summed E-state index contributed by atoms with van der Waals surface area (Å²) in [6.45, 7) is 6.23. The van der Waals surface area contributed by atoms with Crippen molar-refractivity contribution in [1.82, 2.24) is 4.90 Å². The van der Waals surface area contributed by atoms with Gasteiger partial charge in [0.1, 0.15) is 5.75 Å². The van der Waals surface area contributed by atoms with E-state index in [1.54, 1.807) is 7.11 Å². The molecule has 0 bridgehead atoms. The van der Waals surface area contributed by atoms with Gasteiger partial charge in [0.2, 0.25) is 5.91 Å². The van der Waals surface area contributed by atoms with E-state index in [1.807, 2.05) is 29.2 Å². The summed E-state index contributed by atoms with van der Waals surface area (Å²) in [6.07, 6.45) is 0.947. The van der Waals surface area contributed by atoms with Crippen LogP contribution in [0.25, 0.3) is 0 Å². The topological polar surface area (TPSA) is 66.9 Å². The number of hydrogen-bond acceptors (Lipinski definition) is 5. The predicted octanol–water partition coefficient (Wildman–Crippen LogP) is 1.95. The highest BCUT2D eigenvalue weighted by molar-refractivity contribution is 7.91. The van der Waals surface area contributed by atoms with Gasteiger partial charge in [-0.15, -0.1) is 0 Å². The van der Waals surface area contributed by atoms with Gasteiger partial charge in [0.05, 0.1) is 29.8 Å². The third-order valence-electron chi connectivity index (χ3n) is 5.42. The lowest BCUT2D eigenvalue weighted by molar-refractivity contribution is -0.133. The van der Waals surface area contributed by atoms with Crippen LogP contribution in [0.3, 0.4) is 0 Å². The van der Waals surface area contributed by atoms with Gasteiger partial charge in [-0.25, -0.2) is 8.42 Å². The lowest BCUT2D eigenvalue weighted by Crippen LogP contribution is -2.60. The third-order valence-corrected chi connectivity index (χ3v) is 7.26. The Morgan fingerprint density at radius 3 is 2.62 bits per heavy atom. The highest BCUT2D eigenvalue weighted by atomic mass is 32.2. The zero-order valence-electron chi connectivity index (χ0n) is 15.8. The fraction of sp³-hybridized carbons (Fsp3) is 0.632. The molecule has 0 spiro atoms. The number of ether oxygens (including phenoxy) is 1. The molecule has 3 rings (SSSR count). The number of para-hydroxylation sites is 2. The number of rotatable bonds is 4. The van der Waals surface area contributed by atoms with Crippen LogP contribution < -0.4 is 9.64 Å². The Morgan fingerprint density at radius 2 is 2.00 bits per heavy atom. The van der Waals surface area contributed by atoms with Crippen molar-refractivity contribution in [1.29, 1.82) is 0 Å². The summed E-state index contributed by atoms with van der Waals surface area (Å²) in [5.41, 5.74) is 0.804. The standard InChI is InChI=1S/C19H28N2O4S/c1-19(2)14-20(18(22)12-15-8-11-26(23,24)13-15)9-10-21(19)16-6-4-5-7-17(16)25-3/h4-7,15H,8-14H2,1-3H3/t15-/m1/s1. The number of nitrogens with zero attached hydrogens (tertiary/aromatic N) is 2. The molecule has 0 aliphatic carbocycles. The van der Waals surface area contributed by atoms with Gasteiger partial charge >= 0.3 is 0 Å². The van der Waals surface area contributed by atoms with Crippen molar-refractivity contribution in [2.45, 2.75) is 32.2 Å². The van der Waals surface area contributed by atoms with Crippen LogP contribution in [0.4, 0.5) is 5.69 Å². The van der Waals surface area contributed by atoms with E-state index in [1.165, 1.54) is 0 Å². The Bertz CT molecular complexity index is 775. The zero-order valence-corrected chi connectivity index (χ0v) is 16.6. The first kappa shape index (κ1) is 19.0. The fourth-order valence-electron chi connectivity index (χ4n) is 4.08. The highest BCUT2D eigenvalue weighted by Crippen LogP contribution is 2.35. The molecule has 2 saturated heterocycles. The van der Waals surface area contributed by atoms with Crippen molar-refractivity contribution >= 4 is 21.4 Å². The Morgan fingerprint density at radius 1 is 1.27 bits per heavy atom. The summed E-state index contributed by atoms with van der Waals surface area (Å²) in [5, 5.41) is 0. The summed E-state index contributed by atoms with van der Waals surface area (Å²) in [5.74, 6) is 1.25. The molecule has 0 radical (unpaired) electrons. The largest absolute Gasteiger partial charge is 0.495 e. The Balaban J connectivity index is 1.67. The molecule has 0 N–H and O–H groups in total. The zero-order chi connectivity index (χ0) is 18.9. The molecule has 2 aliphatic rings. The Hall–Kier alpha value is -1.76. The molecule has 2 aliphatic heterocycles. The van der Waals surface area contributed by atoms with Crippen LogP contribution >= 0.6 is 0 Å². The molecule has 0 unspecified atom stereocenters. The number of hydrogen-bond donors (Lipinski definition) is 0. The molecule has 0 aromatic heterocycles. The first-order chi connectivity index (χ1) is 12.2. The molecule has 1 aromatic rings. The van der Waals surface area contributed by atoms with E-state index in [2.05, 4.69) is 18.7 Å². The van der Waals surface area contributed by atoms with Gasteiger partial charge in [-0.05, 0) is 38.3 Å². The molecule has 7 heteroatoms. The van der Waals surface area contributed by atoms with Crippen molar-refractivity contribution < 1.29 is 17.9 Å². The minimum atomic E-state index is -2.94. The molecule has 6 nitrogen and oxygen atoms in total. The SMILES string of the molecule is COc1ccccc1N1CCN(C(=O)C[C@H]2CCS(=O)(=O)C2)CC1(C)C. The molecular formula is C19H28N2O4S. The van der Waals surface area contributed by atoms with Gasteiger partial charge in [-0.2, -0.15) is 0 Å². The van der Waals surface area contributed by atoms with E-state index < -0.39 is 9.84 Å². The maximum Gasteiger partial charge on any atom is 0.223 e. The summed E-state index contributed by atoms with van der Waals surface area (Å²) in [6, 6.07) is 7.93. The van der Waals surface area contributed by atoms with Crippen LogP contribution in [-0.4, -0.2) is 63.0 Å². The van der Waals surface area contributed by atoms with Crippen LogP contribution in [0.15, 0.2) is 24.3 Å². The Labute approximate surface area is 156 Å². The average molecular weight is 381 g/mol. The molecule has 1 aromatic carbocycles. The van der Waals surface area contributed by atoms with Gasteiger partial charge in [-0.3, -0.25) is 4.79 Å². The number of methoxy groups -OCH3 is 1. The number of carbonyl (C=O) groups excluding carboxylic acids is 1. The van der Waals surface area contributed by atoms with Crippen LogP contribution in [0.2, 0.25) is 0 Å². The van der Waals surface area contributed by atoms with Crippen molar-refractivity contribution in [3.8, 4) is 5.75 Å². The Kier molecular flexibility index (Phi) is 5.19. The number of benzene rings is 1. The summed E-state index contributed by atoms with van der Waals surface area (Å²) in [7, 11) is -1.27. The second-order valence-electron chi connectivity index (χ2n) is 7.92. The minimum absolute atomic E-state index is 0.0251. The fourth-order valence-corrected chi connectivity index (χ4v) is 5.94. The molecule has 0 saturated carbocycles. The van der Waals surface area contributed by atoms with Gasteiger partial charge in [0.25, 0.3) is 0 Å². The minimum Gasteiger partial charge on any atom is -0.495 e. The van der Waals surface area contributed by atoms with E-state index >= 15 is 0 Å². The number of piperazine rings is 1. The van der Waals surface area contributed by atoms with Crippen molar-refractivity contribution in [2.24, 2.45) is 5.92 Å². The summed E-state index contributed by atoms with van der Waals surface area (Å²) >= 11 is 0. The molecule has 2 heterocycles. The van der Waals surface area contributed by atoms with E-state index in [-0.39, 0.29) is 28.9 Å². The third kappa shape index (κ3) is 3.98. The second kappa shape index (κ2) is 7.10. The number of anilines is 1. The lowest BCUT2D eigenvalue weighted by Gasteiger charge is -2.48. The number of carbonyl (C=O) groups is 1. The van der Waals surface area contributed by atoms with E-state index in [0.29, 0.717) is 25.9 Å². The number of amides is 1. The van der Waals surface area contributed by atoms with Crippen molar-refractivity contribution in [3.05, 3.63) is 24.3 Å². The highest BCUT2D eigenvalue weighted by Gasteiger charge is 2.38. The van der Waals surface area contributed by atoms with E-state index in [9.17, 15) is 13.2 Å².